The molecule has 6 atom stereocenters. The third-order valence-electron chi connectivity index (χ3n) is 8.01. The zero-order valence-corrected chi connectivity index (χ0v) is 22.8. The number of amides is 3. The Morgan fingerprint density at radius 2 is 1.93 bits per heavy atom. The first-order valence-corrected chi connectivity index (χ1v) is 13.7. The third-order valence-corrected chi connectivity index (χ3v) is 8.01. The maximum Gasteiger partial charge on any atom is 0.310 e. The number of ether oxygens (including phenoxy) is 2. The molecule has 1 aliphatic carbocycles. The number of nitrogens with zero attached hydrogens (tertiary/aromatic N) is 2. The molecule has 2 bridgehead atoms. The number of hydrogen-bond donors (Lipinski definition) is 2. The highest BCUT2D eigenvalue weighted by Crippen LogP contribution is 2.44. The van der Waals surface area contributed by atoms with Gasteiger partial charge in [0.05, 0.1) is 6.42 Å². The van der Waals surface area contributed by atoms with Crippen LogP contribution in [0.15, 0.2) is 36.5 Å². The second kappa shape index (κ2) is 11.5. The van der Waals surface area contributed by atoms with Crippen LogP contribution >= 0.6 is 0 Å². The van der Waals surface area contributed by atoms with Crippen molar-refractivity contribution in [1.82, 2.24) is 20.5 Å². The van der Waals surface area contributed by atoms with Crippen molar-refractivity contribution in [3.05, 3.63) is 42.2 Å². The van der Waals surface area contributed by atoms with Gasteiger partial charge in [-0.25, -0.2) is 0 Å². The van der Waals surface area contributed by atoms with Gasteiger partial charge in [-0.15, -0.1) is 0 Å². The molecule has 10 heteroatoms. The van der Waals surface area contributed by atoms with E-state index in [-0.39, 0.29) is 43.3 Å². The lowest BCUT2D eigenvalue weighted by Gasteiger charge is -2.40. The maximum atomic E-state index is 14.2. The number of nitrogens with one attached hydrogen (secondary N) is 2. The van der Waals surface area contributed by atoms with Crippen LogP contribution in [-0.2, 0) is 23.9 Å². The second-order valence-corrected chi connectivity index (χ2v) is 11.7. The lowest BCUT2D eigenvalue weighted by atomic mass is 9.84. The van der Waals surface area contributed by atoms with E-state index >= 15 is 0 Å². The van der Waals surface area contributed by atoms with Crippen LogP contribution < -0.4 is 10.6 Å². The molecule has 1 aromatic heterocycles. The molecule has 3 heterocycles. The Bertz CT molecular complexity index is 1290. The molecule has 1 saturated carbocycles. The van der Waals surface area contributed by atoms with Gasteiger partial charge in [0.1, 0.15) is 23.8 Å². The molecule has 3 aliphatic rings. The number of cyclic esters (lactones) is 1. The Hall–Kier alpha value is -3.53. The first-order valence-electron chi connectivity index (χ1n) is 13.7. The monoisotopic (exact) mass is 552 g/mol. The highest BCUT2D eigenvalue weighted by molar-refractivity contribution is 6.06. The van der Waals surface area contributed by atoms with Gasteiger partial charge in [-0.2, -0.15) is 0 Å². The van der Waals surface area contributed by atoms with Gasteiger partial charge in [0, 0.05) is 24.2 Å². The molecule has 1 unspecified atom stereocenters. The minimum absolute atomic E-state index is 0. The lowest BCUT2D eigenvalue weighted by molar-refractivity contribution is -0.165. The number of carbonyl (C=O) groups excluding carboxylic acids is 4. The molecule has 0 spiro atoms. The van der Waals surface area contributed by atoms with Crippen molar-refractivity contribution in [2.75, 3.05) is 6.61 Å². The van der Waals surface area contributed by atoms with E-state index in [4.69, 9.17) is 9.47 Å². The number of pyridine rings is 1. The molecule has 216 valence electrons. The maximum absolute atomic E-state index is 14.2. The summed E-state index contributed by atoms with van der Waals surface area (Å²) >= 11 is 0. The van der Waals surface area contributed by atoms with Gasteiger partial charge in [0.15, 0.2) is 0 Å². The summed E-state index contributed by atoms with van der Waals surface area (Å²) in [6.45, 7) is 7.80. The van der Waals surface area contributed by atoms with E-state index in [1.807, 2.05) is 51.1 Å². The molecule has 0 radical (unpaired) electrons. The molecule has 2 N–H and O–H groups in total. The summed E-state index contributed by atoms with van der Waals surface area (Å²) in [5.41, 5.74) is -0.383. The topological polar surface area (TPSA) is 127 Å². The van der Waals surface area contributed by atoms with Crippen molar-refractivity contribution < 1.29 is 28.7 Å². The normalized spacial score (nSPS) is 26.2. The predicted molar refractivity (Wildman–Crippen MR) is 149 cm³/mol. The Labute approximate surface area is 235 Å². The summed E-state index contributed by atoms with van der Waals surface area (Å²) in [6.07, 6.45) is 3.14. The zero-order valence-electron chi connectivity index (χ0n) is 22.8. The zero-order chi connectivity index (χ0) is 27.9. The summed E-state index contributed by atoms with van der Waals surface area (Å²) in [5.74, 6) is -1.47. The number of benzene rings is 1. The highest BCUT2D eigenvalue weighted by atomic mass is 16.7. The molecule has 2 aromatic rings. The molecule has 2 aliphatic heterocycles. The van der Waals surface area contributed by atoms with Crippen molar-refractivity contribution in [3.63, 3.8) is 0 Å². The summed E-state index contributed by atoms with van der Waals surface area (Å²) in [7, 11) is 0. The SMILES string of the molecule is C.CCO[C@@H]1OC(=O)C[C@@H]1NC(=O)[C@@H]1[C@H]2CCC(C2)N1C(=O)[C@@H](NC(=O)c1nccc2ccccc12)C(C)(C)C. The van der Waals surface area contributed by atoms with Crippen molar-refractivity contribution in [2.24, 2.45) is 11.3 Å². The number of hydrogen-bond acceptors (Lipinski definition) is 7. The summed E-state index contributed by atoms with van der Waals surface area (Å²) in [6, 6.07) is 7.04. The number of likely N-dealkylation sites (tertiary alicyclic amines) is 1. The number of esters is 1. The molecule has 3 amide bonds. The lowest BCUT2D eigenvalue weighted by Crippen LogP contribution is -2.62. The van der Waals surface area contributed by atoms with E-state index in [1.165, 1.54) is 0 Å². The Morgan fingerprint density at radius 1 is 1.18 bits per heavy atom. The standard InChI is InChI=1S/C29H36N4O6.CH4/c1-5-38-28-20(15-21(34)39-28)31-26(36)23-17-10-11-18(14-17)33(23)27(37)24(29(2,3)4)32-25(35)22-19-9-7-6-8-16(19)12-13-30-22;/h6-9,12-13,17-18,20,23-24,28H,5,10-11,14-15H2,1-4H3,(H,31,36)(H,32,35);1H4/t17-,18?,20-,23-,24+,28+;/m0./s1. The van der Waals surface area contributed by atoms with Crippen LogP contribution in [0.2, 0.25) is 0 Å². The Morgan fingerprint density at radius 3 is 2.65 bits per heavy atom. The van der Waals surface area contributed by atoms with Crippen LogP contribution in [0.1, 0.15) is 71.3 Å². The van der Waals surface area contributed by atoms with E-state index in [9.17, 15) is 19.2 Å². The van der Waals surface area contributed by atoms with Gasteiger partial charge in [-0.1, -0.05) is 52.5 Å². The van der Waals surface area contributed by atoms with Crippen molar-refractivity contribution in [1.29, 1.82) is 0 Å². The average Bonchev–Trinajstić information content (AvgIpc) is 3.60. The summed E-state index contributed by atoms with van der Waals surface area (Å²) in [4.78, 5) is 59.1. The molecule has 3 fully saturated rings. The van der Waals surface area contributed by atoms with Gasteiger partial charge < -0.3 is 25.0 Å². The fraction of sp³-hybridized carbons (Fsp3) is 0.567. The Kier molecular flexibility index (Phi) is 8.49. The first kappa shape index (κ1) is 29.5. The van der Waals surface area contributed by atoms with E-state index in [1.54, 1.807) is 18.0 Å². The second-order valence-electron chi connectivity index (χ2n) is 11.7. The third kappa shape index (κ3) is 5.54. The number of carbonyl (C=O) groups is 4. The predicted octanol–water partition coefficient (Wildman–Crippen LogP) is 3.19. The Balaban J connectivity index is 0.00000370. The van der Waals surface area contributed by atoms with E-state index < -0.39 is 41.7 Å². The minimum Gasteiger partial charge on any atom is -0.433 e. The first-order chi connectivity index (χ1) is 18.6. The van der Waals surface area contributed by atoms with Crippen molar-refractivity contribution in [2.45, 2.75) is 91.3 Å². The highest BCUT2D eigenvalue weighted by Gasteiger charge is 2.54. The molecule has 40 heavy (non-hydrogen) atoms. The van der Waals surface area contributed by atoms with E-state index in [2.05, 4.69) is 15.6 Å². The van der Waals surface area contributed by atoms with Crippen LogP contribution in [0.5, 0.6) is 0 Å². The average molecular weight is 553 g/mol. The van der Waals surface area contributed by atoms with Crippen LogP contribution in [0, 0.1) is 11.3 Å². The summed E-state index contributed by atoms with van der Waals surface area (Å²) in [5, 5.41) is 7.45. The van der Waals surface area contributed by atoms with Crippen molar-refractivity contribution in [3.8, 4) is 0 Å². The number of rotatable bonds is 7. The number of piperidine rings is 1. The largest absolute Gasteiger partial charge is 0.433 e. The van der Waals surface area contributed by atoms with E-state index in [0.29, 0.717) is 12.0 Å². The molecular weight excluding hydrogens is 512 g/mol. The van der Waals surface area contributed by atoms with Gasteiger partial charge in [-0.05, 0) is 49.0 Å². The number of fused-ring (bicyclic) bond motifs is 3. The van der Waals surface area contributed by atoms with Gasteiger partial charge >= 0.3 is 5.97 Å². The fourth-order valence-corrected chi connectivity index (χ4v) is 6.18. The molecule has 5 rings (SSSR count). The fourth-order valence-electron chi connectivity index (χ4n) is 6.18. The molecular formula is C30H40N4O6. The van der Waals surface area contributed by atoms with Crippen LogP contribution in [-0.4, -0.2) is 70.6 Å². The molecule has 2 saturated heterocycles. The van der Waals surface area contributed by atoms with Gasteiger partial charge in [-0.3, -0.25) is 24.2 Å². The summed E-state index contributed by atoms with van der Waals surface area (Å²) < 4.78 is 10.7. The quantitative estimate of drug-likeness (QED) is 0.505. The van der Waals surface area contributed by atoms with Crippen molar-refractivity contribution >= 4 is 34.5 Å². The van der Waals surface area contributed by atoms with Gasteiger partial charge in [0.25, 0.3) is 5.91 Å². The van der Waals surface area contributed by atoms with Gasteiger partial charge in [0.2, 0.25) is 18.1 Å². The molecule has 10 nitrogen and oxygen atoms in total. The number of aromatic nitrogens is 1. The van der Waals surface area contributed by atoms with E-state index in [0.717, 1.165) is 24.6 Å². The smallest absolute Gasteiger partial charge is 0.310 e. The van der Waals surface area contributed by atoms with Crippen LogP contribution in [0.3, 0.4) is 0 Å². The van der Waals surface area contributed by atoms with Crippen LogP contribution in [0.25, 0.3) is 10.8 Å². The molecule has 1 aromatic carbocycles. The van der Waals surface area contributed by atoms with Crippen LogP contribution in [0.4, 0.5) is 0 Å². The minimum atomic E-state index is -0.881.